The normalized spacial score (nSPS) is 10.9. The van der Waals surface area contributed by atoms with Gasteiger partial charge in [0.15, 0.2) is 0 Å². The average Bonchev–Trinajstić information content (AvgIpc) is 2.88. The standard InChI is InChI=1S/C28H21Cl2N3O4/c1-17-6-8-19(9-7-17)27(35)31-16-26(34)33-32-15-23-21-5-3-2-4-18(21)10-13-25(23)37-28(36)22-12-11-20(29)14-24(22)30/h2-15H,16H2,1H3,(H,31,35)(H,33,34). The number of amides is 2. The van der Waals surface area contributed by atoms with Crippen LogP contribution < -0.4 is 15.5 Å². The molecule has 0 fully saturated rings. The fourth-order valence-corrected chi connectivity index (χ4v) is 3.97. The van der Waals surface area contributed by atoms with Gasteiger partial charge in [0.1, 0.15) is 5.75 Å². The second kappa shape index (κ2) is 11.7. The highest BCUT2D eigenvalue weighted by Gasteiger charge is 2.16. The number of aryl methyl sites for hydroxylation is 1. The first-order valence-electron chi connectivity index (χ1n) is 11.2. The zero-order valence-corrected chi connectivity index (χ0v) is 21.1. The lowest BCUT2D eigenvalue weighted by Crippen LogP contribution is -2.34. The van der Waals surface area contributed by atoms with Gasteiger partial charge in [-0.3, -0.25) is 9.59 Å². The van der Waals surface area contributed by atoms with Gasteiger partial charge in [-0.1, -0.05) is 71.2 Å². The number of carbonyl (C=O) groups excluding carboxylic acids is 3. The van der Waals surface area contributed by atoms with E-state index in [2.05, 4.69) is 15.8 Å². The summed E-state index contributed by atoms with van der Waals surface area (Å²) in [7, 11) is 0. The lowest BCUT2D eigenvalue weighted by atomic mass is 10.0. The molecule has 0 atom stereocenters. The van der Waals surface area contributed by atoms with E-state index in [0.717, 1.165) is 16.3 Å². The average molecular weight is 534 g/mol. The molecule has 0 saturated heterocycles. The number of esters is 1. The van der Waals surface area contributed by atoms with Gasteiger partial charge in [-0.15, -0.1) is 0 Å². The summed E-state index contributed by atoms with van der Waals surface area (Å²) in [5.74, 6) is -1.35. The van der Waals surface area contributed by atoms with Gasteiger partial charge >= 0.3 is 5.97 Å². The molecule has 9 heteroatoms. The van der Waals surface area contributed by atoms with Gasteiger partial charge in [0.2, 0.25) is 0 Å². The molecule has 0 aliphatic heterocycles. The summed E-state index contributed by atoms with van der Waals surface area (Å²) in [5.41, 5.74) is 4.48. The van der Waals surface area contributed by atoms with E-state index in [1.54, 1.807) is 30.3 Å². The molecule has 0 saturated carbocycles. The number of fused-ring (bicyclic) bond motifs is 1. The van der Waals surface area contributed by atoms with Gasteiger partial charge in [0.05, 0.1) is 23.3 Å². The SMILES string of the molecule is Cc1ccc(C(=O)NCC(=O)NN=Cc2c(OC(=O)c3ccc(Cl)cc3Cl)ccc3ccccc23)cc1. The zero-order valence-electron chi connectivity index (χ0n) is 19.6. The van der Waals surface area contributed by atoms with Crippen molar-refractivity contribution >= 4 is 58.0 Å². The Labute approximate surface area is 223 Å². The lowest BCUT2D eigenvalue weighted by molar-refractivity contribution is -0.120. The molecule has 0 unspecified atom stereocenters. The number of nitrogens with zero attached hydrogens (tertiary/aromatic N) is 1. The van der Waals surface area contributed by atoms with Gasteiger partial charge in [-0.2, -0.15) is 5.10 Å². The van der Waals surface area contributed by atoms with E-state index in [0.29, 0.717) is 16.1 Å². The molecule has 37 heavy (non-hydrogen) atoms. The lowest BCUT2D eigenvalue weighted by Gasteiger charge is -2.11. The summed E-state index contributed by atoms with van der Waals surface area (Å²) in [5, 5.41) is 8.74. The largest absolute Gasteiger partial charge is 0.422 e. The van der Waals surface area contributed by atoms with Crippen molar-refractivity contribution in [2.24, 2.45) is 5.10 Å². The number of hydrazone groups is 1. The highest BCUT2D eigenvalue weighted by Crippen LogP contribution is 2.29. The monoisotopic (exact) mass is 533 g/mol. The molecule has 0 heterocycles. The third-order valence-corrected chi connectivity index (χ3v) is 5.94. The second-order valence-corrected chi connectivity index (χ2v) is 8.90. The van der Waals surface area contributed by atoms with Crippen molar-refractivity contribution in [1.82, 2.24) is 10.7 Å². The number of hydrogen-bond donors (Lipinski definition) is 2. The van der Waals surface area contributed by atoms with E-state index in [1.807, 2.05) is 43.3 Å². The Hall–Kier alpha value is -4.20. The smallest absolute Gasteiger partial charge is 0.345 e. The van der Waals surface area contributed by atoms with Crippen LogP contribution in [0.3, 0.4) is 0 Å². The van der Waals surface area contributed by atoms with Crippen molar-refractivity contribution in [2.45, 2.75) is 6.92 Å². The van der Waals surface area contributed by atoms with Crippen LogP contribution in [0.2, 0.25) is 10.0 Å². The van der Waals surface area contributed by atoms with Gasteiger partial charge in [0.25, 0.3) is 11.8 Å². The van der Waals surface area contributed by atoms with E-state index in [4.69, 9.17) is 27.9 Å². The maximum Gasteiger partial charge on any atom is 0.345 e. The number of carbonyl (C=O) groups is 3. The van der Waals surface area contributed by atoms with Crippen LogP contribution in [0.5, 0.6) is 5.75 Å². The first-order chi connectivity index (χ1) is 17.8. The van der Waals surface area contributed by atoms with Gasteiger partial charge in [-0.25, -0.2) is 10.2 Å². The third-order valence-electron chi connectivity index (χ3n) is 5.39. The molecule has 4 aromatic rings. The van der Waals surface area contributed by atoms with Crippen molar-refractivity contribution in [2.75, 3.05) is 6.54 Å². The zero-order chi connectivity index (χ0) is 26.4. The van der Waals surface area contributed by atoms with Crippen LogP contribution in [0.4, 0.5) is 0 Å². The Balaban J connectivity index is 1.48. The van der Waals surface area contributed by atoms with Crippen molar-refractivity contribution < 1.29 is 19.1 Å². The highest BCUT2D eigenvalue weighted by molar-refractivity contribution is 6.36. The van der Waals surface area contributed by atoms with Crippen LogP contribution >= 0.6 is 23.2 Å². The van der Waals surface area contributed by atoms with E-state index < -0.39 is 11.9 Å². The van der Waals surface area contributed by atoms with Gasteiger partial charge in [0, 0.05) is 16.1 Å². The van der Waals surface area contributed by atoms with E-state index in [1.165, 1.54) is 18.3 Å². The molecule has 7 nitrogen and oxygen atoms in total. The Kier molecular flexibility index (Phi) is 8.18. The minimum absolute atomic E-state index is 0.153. The molecule has 2 N–H and O–H groups in total. The second-order valence-electron chi connectivity index (χ2n) is 8.05. The van der Waals surface area contributed by atoms with Gasteiger partial charge in [-0.05, 0) is 54.1 Å². The minimum Gasteiger partial charge on any atom is -0.422 e. The van der Waals surface area contributed by atoms with Crippen molar-refractivity contribution in [3.63, 3.8) is 0 Å². The summed E-state index contributed by atoms with van der Waals surface area (Å²) in [6.07, 6.45) is 1.38. The molecule has 0 radical (unpaired) electrons. The minimum atomic E-state index is -0.672. The maximum atomic E-state index is 12.8. The molecule has 186 valence electrons. The fraction of sp³-hybridized carbons (Fsp3) is 0.0714. The number of hydrogen-bond acceptors (Lipinski definition) is 5. The third kappa shape index (κ3) is 6.52. The van der Waals surface area contributed by atoms with Crippen LogP contribution in [0.15, 0.2) is 84.0 Å². The number of halogens is 2. The summed E-state index contributed by atoms with van der Waals surface area (Å²) in [6, 6.07) is 22.4. The molecule has 2 amide bonds. The molecule has 4 rings (SSSR count). The van der Waals surface area contributed by atoms with Crippen LogP contribution in [-0.4, -0.2) is 30.5 Å². The summed E-state index contributed by atoms with van der Waals surface area (Å²) in [6.45, 7) is 1.65. The summed E-state index contributed by atoms with van der Waals surface area (Å²) < 4.78 is 5.63. The van der Waals surface area contributed by atoms with Crippen molar-refractivity contribution in [3.8, 4) is 5.75 Å². The Morgan fingerprint density at radius 1 is 0.946 bits per heavy atom. The molecule has 4 aromatic carbocycles. The molecule has 0 aromatic heterocycles. The van der Waals surface area contributed by atoms with E-state index in [-0.39, 0.29) is 28.8 Å². The van der Waals surface area contributed by atoms with Crippen LogP contribution in [-0.2, 0) is 4.79 Å². The van der Waals surface area contributed by atoms with Crippen molar-refractivity contribution in [1.29, 1.82) is 0 Å². The van der Waals surface area contributed by atoms with E-state index in [9.17, 15) is 14.4 Å². The van der Waals surface area contributed by atoms with Gasteiger partial charge < -0.3 is 10.1 Å². The van der Waals surface area contributed by atoms with Crippen LogP contribution in [0.1, 0.15) is 31.8 Å². The fourth-order valence-electron chi connectivity index (χ4n) is 3.48. The number of ether oxygens (including phenoxy) is 1. The van der Waals surface area contributed by atoms with Crippen molar-refractivity contribution in [3.05, 3.63) is 111 Å². The molecule has 0 aliphatic carbocycles. The van der Waals surface area contributed by atoms with Crippen LogP contribution in [0, 0.1) is 6.92 Å². The maximum absolute atomic E-state index is 12.8. The number of rotatable bonds is 7. The number of benzene rings is 4. The molecular formula is C28H21Cl2N3O4. The first-order valence-corrected chi connectivity index (χ1v) is 11.9. The molecule has 0 spiro atoms. The summed E-state index contributed by atoms with van der Waals surface area (Å²) >= 11 is 12.1. The Morgan fingerprint density at radius 2 is 1.70 bits per heavy atom. The molecule has 0 bridgehead atoms. The molecule has 0 aliphatic rings. The predicted octanol–water partition coefficient (Wildman–Crippen LogP) is 5.55. The summed E-state index contributed by atoms with van der Waals surface area (Å²) in [4.78, 5) is 37.3. The topological polar surface area (TPSA) is 96.9 Å². The quantitative estimate of drug-likeness (QED) is 0.141. The predicted molar refractivity (Wildman–Crippen MR) is 145 cm³/mol. The Morgan fingerprint density at radius 3 is 2.46 bits per heavy atom. The van der Waals surface area contributed by atoms with E-state index >= 15 is 0 Å². The molecular weight excluding hydrogens is 513 g/mol. The highest BCUT2D eigenvalue weighted by atomic mass is 35.5. The Bertz CT molecular complexity index is 1520. The van der Waals surface area contributed by atoms with Crippen LogP contribution in [0.25, 0.3) is 10.8 Å². The number of nitrogens with one attached hydrogen (secondary N) is 2. The first kappa shape index (κ1) is 25.9.